The number of nitrogens with zero attached hydrogens (tertiary/aromatic N) is 1. The van der Waals surface area contributed by atoms with Gasteiger partial charge in [-0.25, -0.2) is 18.3 Å². The van der Waals surface area contributed by atoms with Crippen LogP contribution in [0.4, 0.5) is 4.39 Å². The fraction of sp³-hybridized carbons (Fsp3) is 0.600. The van der Waals surface area contributed by atoms with Crippen LogP contribution in [0.2, 0.25) is 0 Å². The summed E-state index contributed by atoms with van der Waals surface area (Å²) < 4.78 is 72.0. The highest BCUT2D eigenvalue weighted by Crippen LogP contribution is 2.58. The Labute approximate surface area is 163 Å². The number of hydrogen-bond donors (Lipinski definition) is 7. The number of aliphatic hydroxyl groups excluding tert-OH is 3. The molecule has 0 saturated carbocycles. The number of aromatic amines is 1. The Morgan fingerprint density at radius 2 is 2.07 bits per heavy atom. The summed E-state index contributed by atoms with van der Waals surface area (Å²) in [6.45, 7) is -5.11. The second-order valence-electron chi connectivity index (χ2n) is 5.15. The molecule has 1 saturated heterocycles. The highest BCUT2D eigenvalue weighted by Gasteiger charge is 2.57. The molecule has 1 aromatic rings. The van der Waals surface area contributed by atoms with E-state index >= 15 is 4.39 Å². The zero-order chi connectivity index (χ0) is 24.2. The molecule has 7 N–H and O–H groups in total. The molecule has 18 heteroatoms. The Morgan fingerprint density at radius 1 is 1.46 bits per heavy atom. The van der Waals surface area contributed by atoms with E-state index in [4.69, 9.17) is 26.1 Å². The lowest BCUT2D eigenvalue weighted by Gasteiger charge is -2.24. The van der Waals surface area contributed by atoms with Crippen molar-refractivity contribution in [2.24, 2.45) is 0 Å². The third-order valence-corrected chi connectivity index (χ3v) is 5.48. The molecule has 0 aromatic carbocycles. The zero-order valence-corrected chi connectivity index (χ0v) is 15.8. The van der Waals surface area contributed by atoms with Crippen LogP contribution in [0.1, 0.15) is 15.9 Å². The van der Waals surface area contributed by atoms with Gasteiger partial charge in [0.05, 0.1) is 10.7 Å². The number of phosphoric acid groups is 2. The summed E-state index contributed by atoms with van der Waals surface area (Å²) in [7, 11) is -11.8. The summed E-state index contributed by atoms with van der Waals surface area (Å²) in [4.78, 5) is 40.4. The van der Waals surface area contributed by atoms with Crippen molar-refractivity contribution in [2.45, 2.75) is 30.9 Å². The Morgan fingerprint density at radius 3 is 2.61 bits per heavy atom. The van der Waals surface area contributed by atoms with Crippen molar-refractivity contribution in [3.8, 4) is 0 Å². The molecule has 28 heavy (non-hydrogen) atoms. The van der Waals surface area contributed by atoms with Gasteiger partial charge in [-0.1, -0.05) is 12.2 Å². The van der Waals surface area contributed by atoms with Crippen LogP contribution in [0.25, 0.3) is 0 Å². The lowest BCUT2D eigenvalue weighted by Crippen LogP contribution is -2.43. The first-order chi connectivity index (χ1) is 13.8. The summed E-state index contributed by atoms with van der Waals surface area (Å²) in [6.07, 6.45) is -8.54. The number of halogens is 1. The topological polar surface area (TPSA) is 221 Å². The molecule has 14 nitrogen and oxygen atoms in total. The predicted molar refractivity (Wildman–Crippen MR) is 86.7 cm³/mol. The summed E-state index contributed by atoms with van der Waals surface area (Å²) in [5, 5.41) is 29.4. The van der Waals surface area contributed by atoms with Crippen molar-refractivity contribution in [2.75, 3.05) is 6.56 Å². The fourth-order valence-corrected chi connectivity index (χ4v) is 3.59. The maximum atomic E-state index is 15.3. The minimum absolute atomic E-state index is 0.102. The molecule has 2 heterocycles. The van der Waals surface area contributed by atoms with Crippen LogP contribution in [0.15, 0.2) is 11.0 Å². The minimum Gasteiger partial charge on any atom is -0.392 e. The molecule has 160 valence electrons. The number of rotatable bonds is 7. The quantitative estimate of drug-likeness (QED) is 0.179. The van der Waals surface area contributed by atoms with E-state index in [1.165, 1.54) is 0 Å². The second-order valence-corrected chi connectivity index (χ2v) is 8.31. The van der Waals surface area contributed by atoms with Gasteiger partial charge >= 0.3 is 21.3 Å². The van der Waals surface area contributed by atoms with Crippen LogP contribution in [0.5, 0.6) is 0 Å². The van der Waals surface area contributed by atoms with Crippen LogP contribution in [0, 0.1) is 4.64 Å². The van der Waals surface area contributed by atoms with Crippen molar-refractivity contribution >= 4 is 27.9 Å². The van der Waals surface area contributed by atoms with Gasteiger partial charge in [-0.15, -0.1) is 0 Å². The maximum absolute atomic E-state index is 15.3. The SMILES string of the molecule is [2H]C([2H])(OP(=O)(O)OP(=O)(O)O)[C@@]1(F)O[C@@]([2H])(n2cc(CO)c(=S)[nH]c2=O)[C@H](O)[C@@H]1O. The molecule has 5 atom stereocenters. The van der Waals surface area contributed by atoms with E-state index in [-0.39, 0.29) is 14.8 Å². The number of hydrogen-bond acceptors (Lipinski definition) is 10. The standard InChI is InChI=1S/C10H15FN2O12P2S/c11-10(3-23-27(21,22)25-26(18,19)20)6(16)5(15)8(24-10)13-1-4(2-14)7(28)12-9(13)17/h1,5-6,8,14-16H,2-3H2,(H,21,22)(H,12,17,28)(H2,18,19,20)/t5-,6+,8-,10-/m1/s1/i3D2,8D. The Balaban J connectivity index is 2.53. The number of alkyl halides is 1. The van der Waals surface area contributed by atoms with Crippen molar-refractivity contribution in [1.82, 2.24) is 9.55 Å². The first-order valence-electron chi connectivity index (χ1n) is 8.31. The Bertz CT molecular complexity index is 1080. The normalized spacial score (nSPS) is 35.0. The van der Waals surface area contributed by atoms with E-state index in [9.17, 15) is 34.1 Å². The molecule has 1 fully saturated rings. The minimum atomic E-state index is -6.05. The lowest BCUT2D eigenvalue weighted by atomic mass is 10.1. The summed E-state index contributed by atoms with van der Waals surface area (Å²) in [5.41, 5.74) is -1.55. The van der Waals surface area contributed by atoms with E-state index < -0.39 is 58.8 Å². The third kappa shape index (κ3) is 5.18. The first kappa shape index (κ1) is 19.1. The third-order valence-electron chi connectivity index (χ3n) is 3.12. The molecule has 0 amide bonds. The molecule has 0 spiro atoms. The van der Waals surface area contributed by atoms with Gasteiger partial charge in [0.2, 0.25) is 0 Å². The van der Waals surface area contributed by atoms with Gasteiger partial charge in [-0.3, -0.25) is 14.1 Å². The number of nitrogens with one attached hydrogen (secondary N) is 1. The Hall–Kier alpha value is -0.870. The number of H-pyrrole nitrogens is 1. The van der Waals surface area contributed by atoms with Crippen molar-refractivity contribution in [3.63, 3.8) is 0 Å². The van der Waals surface area contributed by atoms with Crippen molar-refractivity contribution in [3.05, 3.63) is 26.9 Å². The van der Waals surface area contributed by atoms with Gasteiger partial charge in [-0.05, 0) is 0 Å². The first-order valence-corrected chi connectivity index (χ1v) is 10.2. The van der Waals surface area contributed by atoms with Gasteiger partial charge in [0.1, 0.15) is 23.4 Å². The number of ether oxygens (including phenoxy) is 1. The second kappa shape index (κ2) is 8.10. The average molecular weight is 471 g/mol. The lowest BCUT2D eigenvalue weighted by molar-refractivity contribution is -0.205. The zero-order valence-electron chi connectivity index (χ0n) is 16.2. The molecular weight excluding hydrogens is 453 g/mol. The molecule has 1 aliphatic rings. The van der Waals surface area contributed by atoms with Gasteiger partial charge < -0.3 is 34.7 Å². The summed E-state index contributed by atoms with van der Waals surface area (Å²) >= 11 is 4.74. The molecule has 2 rings (SSSR count). The van der Waals surface area contributed by atoms with Gasteiger partial charge in [0.15, 0.2) is 6.20 Å². The van der Waals surface area contributed by atoms with Crippen LogP contribution >= 0.6 is 27.9 Å². The molecule has 1 aliphatic heterocycles. The van der Waals surface area contributed by atoms with Gasteiger partial charge in [-0.2, -0.15) is 4.31 Å². The van der Waals surface area contributed by atoms with E-state index in [0.29, 0.717) is 6.20 Å². The van der Waals surface area contributed by atoms with Crippen molar-refractivity contribution < 1.29 is 61.2 Å². The van der Waals surface area contributed by atoms with Crippen LogP contribution in [-0.4, -0.2) is 64.2 Å². The summed E-state index contributed by atoms with van der Waals surface area (Å²) in [6, 6.07) is 0. The van der Waals surface area contributed by atoms with Gasteiger partial charge in [0, 0.05) is 11.8 Å². The number of phosphoric ester groups is 1. The molecule has 0 aliphatic carbocycles. The van der Waals surface area contributed by atoms with Gasteiger partial charge in [0.25, 0.3) is 5.85 Å². The average Bonchev–Trinajstić information content (AvgIpc) is 2.74. The number of aromatic nitrogens is 2. The predicted octanol–water partition coefficient (Wildman–Crippen LogP) is -1.46. The number of aliphatic hydroxyl groups is 3. The van der Waals surface area contributed by atoms with Crippen LogP contribution in [-0.2, 0) is 29.3 Å². The van der Waals surface area contributed by atoms with Crippen molar-refractivity contribution in [1.29, 1.82) is 0 Å². The van der Waals surface area contributed by atoms with E-state index in [1.807, 2.05) is 4.98 Å². The van der Waals surface area contributed by atoms with Crippen LogP contribution in [0.3, 0.4) is 0 Å². The monoisotopic (exact) mass is 471 g/mol. The smallest absolute Gasteiger partial charge is 0.392 e. The molecule has 0 bridgehead atoms. The van der Waals surface area contributed by atoms with E-state index in [2.05, 4.69) is 13.6 Å². The molecule has 1 aromatic heterocycles. The largest absolute Gasteiger partial charge is 0.481 e. The van der Waals surface area contributed by atoms with E-state index in [1.54, 1.807) is 0 Å². The highest BCUT2D eigenvalue weighted by atomic mass is 32.1. The fourth-order valence-electron chi connectivity index (χ4n) is 1.94. The Kier molecular flexibility index (Phi) is 5.53. The molecule has 1 unspecified atom stereocenters. The maximum Gasteiger partial charge on any atom is 0.481 e. The summed E-state index contributed by atoms with van der Waals surface area (Å²) in [5.74, 6) is -4.38. The molecule has 0 radical (unpaired) electrons. The van der Waals surface area contributed by atoms with E-state index in [0.717, 1.165) is 0 Å². The van der Waals surface area contributed by atoms with Crippen LogP contribution < -0.4 is 5.69 Å². The molecular formula is C10H15FN2O12P2S. The highest BCUT2D eigenvalue weighted by molar-refractivity contribution is 7.71.